The maximum atomic E-state index is 13.0. The van der Waals surface area contributed by atoms with Crippen molar-refractivity contribution in [3.8, 4) is 12.1 Å². The number of Topliss-reactive ketones (excluding diaryl/α,β-unsaturated/α-hetero) is 1. The lowest BCUT2D eigenvalue weighted by Gasteiger charge is -2.17. The van der Waals surface area contributed by atoms with E-state index in [-0.39, 0.29) is 17.9 Å². The number of carbonyl (C=O) groups excluding carboxylic acids is 1. The fraction of sp³-hybridized carbons (Fsp3) is 0.176. The number of rotatable bonds is 5. The zero-order valence-electron chi connectivity index (χ0n) is 11.6. The lowest BCUT2D eigenvalue weighted by atomic mass is 9.83. The first-order chi connectivity index (χ1) is 10.7. The molecule has 1 heterocycles. The third-order valence-electron chi connectivity index (χ3n) is 3.33. The van der Waals surface area contributed by atoms with Crippen LogP contribution < -0.4 is 0 Å². The Kier molecular flexibility index (Phi) is 4.95. The van der Waals surface area contributed by atoms with Gasteiger partial charge in [-0.3, -0.25) is 9.78 Å². The van der Waals surface area contributed by atoms with Gasteiger partial charge >= 0.3 is 0 Å². The number of benzene rings is 1. The van der Waals surface area contributed by atoms with E-state index in [1.54, 1.807) is 18.2 Å². The van der Waals surface area contributed by atoms with Gasteiger partial charge < -0.3 is 0 Å². The Morgan fingerprint density at radius 3 is 2.36 bits per heavy atom. The SMILES string of the molecule is N#CC(C#N)[C@H](CC(=O)c1ccccn1)c1ccc(F)cc1. The summed E-state index contributed by atoms with van der Waals surface area (Å²) in [4.78, 5) is 16.3. The zero-order valence-corrected chi connectivity index (χ0v) is 11.6. The van der Waals surface area contributed by atoms with Crippen molar-refractivity contribution >= 4 is 5.78 Å². The minimum Gasteiger partial charge on any atom is -0.292 e. The minimum absolute atomic E-state index is 0.0333. The molecule has 0 aliphatic rings. The molecule has 108 valence electrons. The molecule has 0 unspecified atom stereocenters. The number of hydrogen-bond acceptors (Lipinski definition) is 4. The van der Waals surface area contributed by atoms with Crippen LogP contribution in [0, 0.1) is 34.4 Å². The third kappa shape index (κ3) is 3.53. The van der Waals surface area contributed by atoms with E-state index in [1.807, 2.05) is 12.1 Å². The first-order valence-electron chi connectivity index (χ1n) is 6.64. The number of hydrogen-bond donors (Lipinski definition) is 0. The molecular weight excluding hydrogens is 281 g/mol. The van der Waals surface area contributed by atoms with E-state index >= 15 is 0 Å². The average molecular weight is 293 g/mol. The van der Waals surface area contributed by atoms with E-state index in [0.29, 0.717) is 5.56 Å². The van der Waals surface area contributed by atoms with Crippen LogP contribution >= 0.6 is 0 Å². The maximum absolute atomic E-state index is 13.0. The normalized spacial score (nSPS) is 11.5. The first-order valence-corrected chi connectivity index (χ1v) is 6.64. The van der Waals surface area contributed by atoms with Gasteiger partial charge in [0, 0.05) is 18.5 Å². The van der Waals surface area contributed by atoms with E-state index in [2.05, 4.69) is 4.98 Å². The number of nitrogens with zero attached hydrogens (tertiary/aromatic N) is 3. The Hall–Kier alpha value is -3.05. The van der Waals surface area contributed by atoms with Crippen molar-refractivity contribution < 1.29 is 9.18 Å². The predicted octanol–water partition coefficient (Wildman–Crippen LogP) is 3.24. The van der Waals surface area contributed by atoms with Crippen molar-refractivity contribution in [2.45, 2.75) is 12.3 Å². The van der Waals surface area contributed by atoms with Gasteiger partial charge in [0.1, 0.15) is 17.4 Å². The molecule has 1 aromatic carbocycles. The summed E-state index contributed by atoms with van der Waals surface area (Å²) in [5.74, 6) is -2.28. The van der Waals surface area contributed by atoms with Crippen molar-refractivity contribution in [3.63, 3.8) is 0 Å². The molecule has 0 amide bonds. The number of pyridine rings is 1. The lowest BCUT2D eigenvalue weighted by Crippen LogP contribution is -2.15. The van der Waals surface area contributed by atoms with Gasteiger partial charge in [0.25, 0.3) is 0 Å². The summed E-state index contributed by atoms with van der Waals surface area (Å²) in [5.41, 5.74) is 0.864. The van der Waals surface area contributed by atoms with Crippen molar-refractivity contribution in [3.05, 3.63) is 65.7 Å². The molecule has 1 aromatic heterocycles. The molecule has 2 rings (SSSR count). The Morgan fingerprint density at radius 2 is 1.82 bits per heavy atom. The fourth-order valence-corrected chi connectivity index (χ4v) is 2.18. The van der Waals surface area contributed by atoms with E-state index < -0.39 is 17.7 Å². The highest BCUT2D eigenvalue weighted by Crippen LogP contribution is 2.29. The van der Waals surface area contributed by atoms with Crippen LogP contribution in [-0.4, -0.2) is 10.8 Å². The summed E-state index contributed by atoms with van der Waals surface area (Å²) >= 11 is 0. The minimum atomic E-state index is -0.988. The monoisotopic (exact) mass is 293 g/mol. The van der Waals surface area contributed by atoms with Crippen LogP contribution in [0.4, 0.5) is 4.39 Å². The molecule has 2 aromatic rings. The number of ketones is 1. The summed E-state index contributed by atoms with van der Waals surface area (Å²) in [6.45, 7) is 0. The summed E-state index contributed by atoms with van der Waals surface area (Å²) < 4.78 is 13.0. The Morgan fingerprint density at radius 1 is 1.14 bits per heavy atom. The lowest BCUT2D eigenvalue weighted by molar-refractivity contribution is 0.0966. The molecule has 0 saturated carbocycles. The van der Waals surface area contributed by atoms with Gasteiger partial charge in [-0.2, -0.15) is 10.5 Å². The topological polar surface area (TPSA) is 77.5 Å². The van der Waals surface area contributed by atoms with Gasteiger partial charge in [-0.15, -0.1) is 0 Å². The van der Waals surface area contributed by atoms with Gasteiger partial charge in [-0.1, -0.05) is 18.2 Å². The third-order valence-corrected chi connectivity index (χ3v) is 3.33. The molecule has 0 fully saturated rings. The summed E-state index contributed by atoms with van der Waals surface area (Å²) in [7, 11) is 0. The molecule has 0 saturated heterocycles. The molecule has 0 aliphatic carbocycles. The number of nitriles is 2. The fourth-order valence-electron chi connectivity index (χ4n) is 2.18. The molecule has 22 heavy (non-hydrogen) atoms. The number of halogens is 1. The molecular formula is C17H12FN3O. The van der Waals surface area contributed by atoms with E-state index in [0.717, 1.165) is 0 Å². The van der Waals surface area contributed by atoms with Gasteiger partial charge in [0.05, 0.1) is 12.1 Å². The van der Waals surface area contributed by atoms with Crippen molar-refractivity contribution in [2.24, 2.45) is 5.92 Å². The summed E-state index contributed by atoms with van der Waals surface area (Å²) in [6, 6.07) is 14.2. The smallest absolute Gasteiger partial charge is 0.181 e. The molecule has 4 nitrogen and oxygen atoms in total. The highest BCUT2D eigenvalue weighted by Gasteiger charge is 2.26. The van der Waals surface area contributed by atoms with Crippen LogP contribution in [0.15, 0.2) is 48.7 Å². The molecule has 0 spiro atoms. The number of aromatic nitrogens is 1. The maximum Gasteiger partial charge on any atom is 0.181 e. The Labute approximate surface area is 127 Å². The molecule has 0 N–H and O–H groups in total. The average Bonchev–Trinajstić information content (AvgIpc) is 2.56. The largest absolute Gasteiger partial charge is 0.292 e. The Bertz CT molecular complexity index is 715. The second-order valence-corrected chi connectivity index (χ2v) is 4.74. The molecule has 0 bridgehead atoms. The van der Waals surface area contributed by atoms with Gasteiger partial charge in [-0.25, -0.2) is 4.39 Å². The standard InChI is InChI=1S/C17H12FN3O/c18-14-6-4-12(5-7-14)15(13(10-19)11-20)9-17(22)16-3-1-2-8-21-16/h1-8,13,15H,9H2/t15-/m1/s1. The quantitative estimate of drug-likeness (QED) is 0.793. The van der Waals surface area contributed by atoms with Gasteiger partial charge in [-0.05, 0) is 29.8 Å². The van der Waals surface area contributed by atoms with E-state index in [9.17, 15) is 9.18 Å². The molecule has 0 radical (unpaired) electrons. The second-order valence-electron chi connectivity index (χ2n) is 4.74. The van der Waals surface area contributed by atoms with E-state index in [1.165, 1.54) is 30.5 Å². The number of carbonyl (C=O) groups is 1. The summed E-state index contributed by atoms with van der Waals surface area (Å²) in [6.07, 6.45) is 1.47. The highest BCUT2D eigenvalue weighted by molar-refractivity contribution is 5.94. The van der Waals surface area contributed by atoms with Gasteiger partial charge in [0.15, 0.2) is 5.78 Å². The van der Waals surface area contributed by atoms with Crippen LogP contribution in [-0.2, 0) is 0 Å². The van der Waals surface area contributed by atoms with Gasteiger partial charge in [0.2, 0.25) is 0 Å². The van der Waals surface area contributed by atoms with Crippen LogP contribution in [0.1, 0.15) is 28.4 Å². The Balaban J connectivity index is 2.30. The second kappa shape index (κ2) is 7.10. The highest BCUT2D eigenvalue weighted by atomic mass is 19.1. The summed E-state index contributed by atoms with van der Waals surface area (Å²) in [5, 5.41) is 18.2. The first kappa shape index (κ1) is 15.3. The van der Waals surface area contributed by atoms with Crippen LogP contribution in [0.2, 0.25) is 0 Å². The predicted molar refractivity (Wildman–Crippen MR) is 77.0 cm³/mol. The van der Waals surface area contributed by atoms with Crippen molar-refractivity contribution in [1.29, 1.82) is 10.5 Å². The molecule has 5 heteroatoms. The van der Waals surface area contributed by atoms with Crippen LogP contribution in [0.3, 0.4) is 0 Å². The van der Waals surface area contributed by atoms with E-state index in [4.69, 9.17) is 10.5 Å². The van der Waals surface area contributed by atoms with Crippen LogP contribution in [0.25, 0.3) is 0 Å². The van der Waals surface area contributed by atoms with Crippen molar-refractivity contribution in [2.75, 3.05) is 0 Å². The molecule has 1 atom stereocenters. The zero-order chi connectivity index (χ0) is 15.9. The van der Waals surface area contributed by atoms with Crippen molar-refractivity contribution in [1.82, 2.24) is 4.98 Å². The molecule has 0 aliphatic heterocycles. The van der Waals surface area contributed by atoms with Crippen LogP contribution in [0.5, 0.6) is 0 Å².